The first-order chi connectivity index (χ1) is 18.1. The molecule has 2 heterocycles. The Hall–Kier alpha value is -3.75. The van der Waals surface area contributed by atoms with Crippen LogP contribution >= 0.6 is 0 Å². The number of aliphatic hydroxyl groups excluding tert-OH is 1. The van der Waals surface area contributed by atoms with Gasteiger partial charge in [-0.05, 0) is 62.6 Å². The first-order valence-electron chi connectivity index (χ1n) is 12.7. The van der Waals surface area contributed by atoms with Gasteiger partial charge < -0.3 is 24.8 Å². The molecule has 3 unspecified atom stereocenters. The number of anilines is 1. The van der Waals surface area contributed by atoms with Gasteiger partial charge in [-0.15, -0.1) is 5.10 Å². The molecular formula is C27H31FN6O4. The van der Waals surface area contributed by atoms with Crippen LogP contribution in [0.5, 0.6) is 5.88 Å². The molecule has 3 aromatic rings. The minimum atomic E-state index is -1.03. The molecule has 38 heavy (non-hydrogen) atoms. The highest BCUT2D eigenvalue weighted by Crippen LogP contribution is 2.57. The molecule has 200 valence electrons. The fourth-order valence-electron chi connectivity index (χ4n) is 6.18. The number of amides is 1. The maximum absolute atomic E-state index is 13.7. The van der Waals surface area contributed by atoms with E-state index in [0.29, 0.717) is 41.5 Å². The van der Waals surface area contributed by atoms with E-state index >= 15 is 0 Å². The molecule has 0 spiro atoms. The molecule has 1 amide bonds. The Bertz CT molecular complexity index is 1390. The summed E-state index contributed by atoms with van der Waals surface area (Å²) in [5.74, 6) is -0.0557. The number of rotatable bonds is 7. The van der Waals surface area contributed by atoms with Crippen LogP contribution in [-0.4, -0.2) is 48.2 Å². The van der Waals surface area contributed by atoms with Gasteiger partial charge in [-0.3, -0.25) is 9.48 Å². The number of carbonyl (C=O) groups excluding carboxylic acids is 1. The van der Waals surface area contributed by atoms with Crippen LogP contribution < -0.4 is 10.1 Å². The number of fused-ring (bicyclic) bond motifs is 1. The molecule has 2 aliphatic carbocycles. The third kappa shape index (κ3) is 4.66. The number of hydrogen-bond donors (Lipinski definition) is 3. The van der Waals surface area contributed by atoms with Crippen LogP contribution in [0.3, 0.4) is 0 Å². The van der Waals surface area contributed by atoms with E-state index in [0.717, 1.165) is 18.9 Å². The Morgan fingerprint density at radius 2 is 2.03 bits per heavy atom. The third-order valence-corrected chi connectivity index (χ3v) is 7.87. The van der Waals surface area contributed by atoms with Gasteiger partial charge in [0.1, 0.15) is 29.3 Å². The zero-order chi connectivity index (χ0) is 27.2. The van der Waals surface area contributed by atoms with Crippen molar-refractivity contribution in [2.45, 2.75) is 50.2 Å². The number of imidazole rings is 1. The van der Waals surface area contributed by atoms with Crippen molar-refractivity contribution in [3.8, 4) is 11.9 Å². The first kappa shape index (κ1) is 25.9. The summed E-state index contributed by atoms with van der Waals surface area (Å²) in [5.41, 5.74) is 0.995. The van der Waals surface area contributed by atoms with Crippen molar-refractivity contribution in [2.75, 3.05) is 11.9 Å². The molecule has 2 aliphatic rings. The Morgan fingerprint density at radius 3 is 2.68 bits per heavy atom. The van der Waals surface area contributed by atoms with Crippen molar-refractivity contribution >= 4 is 11.6 Å². The number of halogens is 1. The highest BCUT2D eigenvalue weighted by molar-refractivity contribution is 6.04. The van der Waals surface area contributed by atoms with E-state index in [1.165, 1.54) is 12.1 Å². The van der Waals surface area contributed by atoms with E-state index in [1.54, 1.807) is 48.7 Å². The first-order valence-corrected chi connectivity index (χ1v) is 12.7. The summed E-state index contributed by atoms with van der Waals surface area (Å²) in [4.78, 5) is 17.8. The summed E-state index contributed by atoms with van der Waals surface area (Å²) < 4.78 is 22.6. The fraction of sp³-hybridized carbons (Fsp3) is 0.481. The molecule has 2 saturated carbocycles. The molecule has 1 aromatic carbocycles. The minimum Gasteiger partial charge on any atom is -0.471 e. The average molecular weight is 523 g/mol. The second-order valence-corrected chi connectivity index (χ2v) is 10.6. The number of nitrogens with one attached hydrogen (secondary N) is 1. The van der Waals surface area contributed by atoms with Gasteiger partial charge in [0, 0.05) is 31.8 Å². The quantitative estimate of drug-likeness (QED) is 0.434. The number of nitrogens with zero attached hydrogens (tertiary/aromatic N) is 5. The topological polar surface area (TPSA) is 138 Å². The van der Waals surface area contributed by atoms with Crippen molar-refractivity contribution in [3.63, 3.8) is 0 Å². The number of hydrogen-bond acceptors (Lipinski definition) is 7. The van der Waals surface area contributed by atoms with Crippen molar-refractivity contribution < 1.29 is 24.1 Å². The van der Waals surface area contributed by atoms with Gasteiger partial charge >= 0.3 is 0 Å². The normalized spacial score (nSPS) is 25.1. The Morgan fingerprint density at radius 1 is 1.32 bits per heavy atom. The van der Waals surface area contributed by atoms with Crippen LogP contribution in [0.1, 0.15) is 66.0 Å². The highest BCUT2D eigenvalue weighted by atomic mass is 19.1. The molecule has 10 nitrogen and oxygen atoms in total. The molecule has 2 fully saturated rings. The lowest BCUT2D eigenvalue weighted by molar-refractivity contribution is 0.0263. The van der Waals surface area contributed by atoms with Crippen LogP contribution in [0.2, 0.25) is 0 Å². The number of nitriles is 1. The molecule has 0 radical (unpaired) electrons. The minimum absolute atomic E-state index is 0.0650. The van der Waals surface area contributed by atoms with Gasteiger partial charge in [-0.25, -0.2) is 9.37 Å². The van der Waals surface area contributed by atoms with Crippen molar-refractivity contribution in [1.29, 1.82) is 5.26 Å². The van der Waals surface area contributed by atoms with Crippen molar-refractivity contribution in [1.82, 2.24) is 19.3 Å². The predicted octanol–water partition coefficient (Wildman–Crippen LogP) is 2.97. The monoisotopic (exact) mass is 522 g/mol. The van der Waals surface area contributed by atoms with E-state index in [2.05, 4.69) is 15.4 Å². The summed E-state index contributed by atoms with van der Waals surface area (Å²) in [6.07, 6.45) is 3.96. The van der Waals surface area contributed by atoms with E-state index in [1.807, 2.05) is 0 Å². The molecule has 0 aliphatic heterocycles. The van der Waals surface area contributed by atoms with Gasteiger partial charge in [0.15, 0.2) is 0 Å². The fourth-order valence-corrected chi connectivity index (χ4v) is 6.18. The van der Waals surface area contributed by atoms with E-state index in [9.17, 15) is 19.4 Å². The largest absolute Gasteiger partial charge is 0.471 e. The molecule has 0 bridgehead atoms. The molecular weight excluding hydrogens is 491 g/mol. The lowest BCUT2D eigenvalue weighted by atomic mass is 9.90. The molecule has 0 saturated heterocycles. The number of benzene rings is 1. The van der Waals surface area contributed by atoms with Crippen LogP contribution in [0.15, 0.2) is 30.6 Å². The summed E-state index contributed by atoms with van der Waals surface area (Å²) in [5, 5.41) is 37.1. The van der Waals surface area contributed by atoms with Crippen molar-refractivity contribution in [3.05, 3.63) is 59.1 Å². The van der Waals surface area contributed by atoms with Crippen LogP contribution in [0.4, 0.5) is 10.1 Å². The van der Waals surface area contributed by atoms with E-state index in [-0.39, 0.29) is 35.8 Å². The SMILES string of the molecule is CC(CO)Oc1cc(C2(O)CC3CC(c4ncn(C)c4C(=O)Nc4ccc(F)c(C#N)c4)CC3C2)n(C)n1. The van der Waals surface area contributed by atoms with Crippen molar-refractivity contribution in [2.24, 2.45) is 25.9 Å². The molecule has 5 rings (SSSR count). The van der Waals surface area contributed by atoms with Crippen LogP contribution in [-0.2, 0) is 19.7 Å². The lowest BCUT2D eigenvalue weighted by Crippen LogP contribution is -2.26. The molecule has 3 atom stereocenters. The maximum atomic E-state index is 13.7. The van der Waals surface area contributed by atoms with Gasteiger partial charge in [0.2, 0.25) is 5.88 Å². The lowest BCUT2D eigenvalue weighted by Gasteiger charge is -2.24. The van der Waals surface area contributed by atoms with Gasteiger partial charge in [-0.2, -0.15) is 5.26 Å². The molecule has 3 N–H and O–H groups in total. The number of aromatic nitrogens is 4. The summed E-state index contributed by atoms with van der Waals surface area (Å²) in [6, 6.07) is 7.41. The van der Waals surface area contributed by atoms with Crippen LogP contribution in [0.25, 0.3) is 0 Å². The summed E-state index contributed by atoms with van der Waals surface area (Å²) in [6.45, 7) is 1.62. The van der Waals surface area contributed by atoms with Gasteiger partial charge in [0.05, 0.1) is 29.9 Å². The second kappa shape index (κ2) is 9.85. The summed E-state index contributed by atoms with van der Waals surface area (Å²) >= 11 is 0. The Balaban J connectivity index is 1.30. The number of aliphatic hydroxyl groups is 2. The average Bonchev–Trinajstić information content (AvgIpc) is 3.62. The second-order valence-electron chi connectivity index (χ2n) is 10.6. The third-order valence-electron chi connectivity index (χ3n) is 7.87. The zero-order valence-electron chi connectivity index (χ0n) is 21.6. The number of aryl methyl sites for hydroxylation is 2. The molecule has 2 aromatic heterocycles. The van der Waals surface area contributed by atoms with Gasteiger partial charge in [0.25, 0.3) is 5.91 Å². The van der Waals surface area contributed by atoms with E-state index < -0.39 is 17.5 Å². The predicted molar refractivity (Wildman–Crippen MR) is 135 cm³/mol. The van der Waals surface area contributed by atoms with E-state index in [4.69, 9.17) is 10.00 Å². The number of ether oxygens (including phenoxy) is 1. The smallest absolute Gasteiger partial charge is 0.274 e. The summed E-state index contributed by atoms with van der Waals surface area (Å²) in [7, 11) is 3.53. The Kier molecular flexibility index (Phi) is 6.71. The standard InChI is InChI=1S/C27H31FN6O4/c1-15(13-35)38-23-9-22(34(3)32-23)27(37)10-17-6-16(7-18(17)11-27)24-25(33(2)14-30-24)26(36)31-20-4-5-21(28)19(8-20)12-29/h4-5,8-9,14-18,35,37H,6-7,10-11,13H2,1-3H3,(H,31,36). The zero-order valence-corrected chi connectivity index (χ0v) is 21.6. The highest BCUT2D eigenvalue weighted by Gasteiger charge is 2.51. The maximum Gasteiger partial charge on any atom is 0.274 e. The Labute approximate surface area is 219 Å². The number of carbonyl (C=O) groups is 1. The van der Waals surface area contributed by atoms with Gasteiger partial charge in [-0.1, -0.05) is 0 Å². The van der Waals surface area contributed by atoms with Crippen LogP contribution in [0, 0.1) is 29.0 Å². The molecule has 11 heteroatoms.